The Morgan fingerprint density at radius 2 is 2.05 bits per heavy atom. The minimum absolute atomic E-state index is 0.325. The molecule has 2 amide bonds. The van der Waals surface area contributed by atoms with E-state index in [4.69, 9.17) is 4.74 Å². The van der Waals surface area contributed by atoms with Gasteiger partial charge in [0.25, 0.3) is 5.91 Å². The summed E-state index contributed by atoms with van der Waals surface area (Å²) in [7, 11) is 0. The number of rotatable bonds is 4. The summed E-state index contributed by atoms with van der Waals surface area (Å²) in [5.41, 5.74) is -0.506. The second kappa shape index (κ2) is 7.23. The van der Waals surface area contributed by atoms with Crippen molar-refractivity contribution in [3.8, 4) is 0 Å². The number of nitrogens with one attached hydrogen (secondary N) is 3. The first-order chi connectivity index (χ1) is 10.5. The molecular formula is C13H14F3N3O3. The monoisotopic (exact) mass is 317 g/mol. The normalized spacial score (nSPS) is 17.9. The Bertz CT molecular complexity index is 577. The molecule has 0 radical (unpaired) electrons. The van der Waals surface area contributed by atoms with E-state index in [9.17, 15) is 22.8 Å². The third kappa shape index (κ3) is 3.95. The molecule has 1 fully saturated rings. The summed E-state index contributed by atoms with van der Waals surface area (Å²) in [5, 5.41) is 7.31. The Kier molecular flexibility index (Phi) is 5.34. The topological polar surface area (TPSA) is 79.5 Å². The van der Waals surface area contributed by atoms with Gasteiger partial charge in [0.15, 0.2) is 17.5 Å². The van der Waals surface area contributed by atoms with Gasteiger partial charge in [0.2, 0.25) is 5.91 Å². The molecule has 0 aliphatic carbocycles. The number of carbonyl (C=O) groups excluding carboxylic acids is 2. The maximum atomic E-state index is 13.4. The van der Waals surface area contributed by atoms with Gasteiger partial charge >= 0.3 is 0 Å². The van der Waals surface area contributed by atoms with Gasteiger partial charge in [0.05, 0.1) is 18.8 Å². The number of morpholine rings is 1. The van der Waals surface area contributed by atoms with Crippen LogP contribution in [0.2, 0.25) is 0 Å². The van der Waals surface area contributed by atoms with E-state index in [2.05, 4.69) is 10.6 Å². The number of ether oxygens (including phenoxy) is 1. The average Bonchev–Trinajstić information content (AvgIpc) is 2.54. The van der Waals surface area contributed by atoms with Crippen molar-refractivity contribution in [1.82, 2.24) is 10.6 Å². The Morgan fingerprint density at radius 3 is 2.73 bits per heavy atom. The molecular weight excluding hydrogens is 303 g/mol. The molecule has 0 saturated carbocycles. The molecule has 0 aromatic heterocycles. The van der Waals surface area contributed by atoms with Gasteiger partial charge in [0.1, 0.15) is 6.10 Å². The Labute approximate surface area is 124 Å². The zero-order valence-electron chi connectivity index (χ0n) is 11.4. The van der Waals surface area contributed by atoms with Crippen molar-refractivity contribution in [3.05, 3.63) is 29.6 Å². The zero-order valence-corrected chi connectivity index (χ0v) is 11.4. The van der Waals surface area contributed by atoms with Crippen LogP contribution in [0.1, 0.15) is 0 Å². The lowest BCUT2D eigenvalue weighted by molar-refractivity contribution is -0.135. The highest BCUT2D eigenvalue weighted by Crippen LogP contribution is 2.19. The highest BCUT2D eigenvalue weighted by Gasteiger charge is 2.22. The predicted octanol–water partition coefficient (Wildman–Crippen LogP) is 0.147. The molecule has 120 valence electrons. The largest absolute Gasteiger partial charge is 0.366 e. The van der Waals surface area contributed by atoms with E-state index in [0.29, 0.717) is 25.8 Å². The molecule has 9 heteroatoms. The summed E-state index contributed by atoms with van der Waals surface area (Å²) in [6, 6.07) is 1.58. The molecule has 1 unspecified atom stereocenters. The lowest BCUT2D eigenvalue weighted by atomic mass is 10.2. The van der Waals surface area contributed by atoms with Crippen molar-refractivity contribution in [3.63, 3.8) is 0 Å². The van der Waals surface area contributed by atoms with Gasteiger partial charge in [-0.1, -0.05) is 0 Å². The molecule has 3 N–H and O–H groups in total. The van der Waals surface area contributed by atoms with Crippen LogP contribution in [0.5, 0.6) is 0 Å². The van der Waals surface area contributed by atoms with Crippen LogP contribution in [0.3, 0.4) is 0 Å². The van der Waals surface area contributed by atoms with Crippen molar-refractivity contribution < 1.29 is 27.5 Å². The van der Waals surface area contributed by atoms with Gasteiger partial charge < -0.3 is 20.7 Å². The van der Waals surface area contributed by atoms with Crippen molar-refractivity contribution in [1.29, 1.82) is 0 Å². The molecule has 0 spiro atoms. The van der Waals surface area contributed by atoms with Gasteiger partial charge in [-0.2, -0.15) is 0 Å². The predicted molar refractivity (Wildman–Crippen MR) is 70.6 cm³/mol. The molecule has 6 nitrogen and oxygen atoms in total. The van der Waals surface area contributed by atoms with E-state index < -0.39 is 47.6 Å². The van der Waals surface area contributed by atoms with E-state index in [0.717, 1.165) is 6.07 Å². The van der Waals surface area contributed by atoms with Crippen molar-refractivity contribution in [2.45, 2.75) is 6.10 Å². The smallest absolute Gasteiger partial charge is 0.250 e. The number of hydrogen-bond acceptors (Lipinski definition) is 4. The number of anilines is 1. The van der Waals surface area contributed by atoms with Crippen molar-refractivity contribution >= 4 is 17.5 Å². The fourth-order valence-corrected chi connectivity index (χ4v) is 1.83. The standard InChI is InChI=1S/C13H14F3N3O3/c14-7-1-2-8(12(16)11(7)15)19-10(20)6-18-13(21)9-5-17-3-4-22-9/h1-2,9,17H,3-6H2,(H,18,21)(H,19,20). The Balaban J connectivity index is 1.85. The van der Waals surface area contributed by atoms with Crippen LogP contribution in [0.15, 0.2) is 12.1 Å². The van der Waals surface area contributed by atoms with E-state index in [1.165, 1.54) is 0 Å². The van der Waals surface area contributed by atoms with Gasteiger partial charge in [-0.05, 0) is 12.1 Å². The lowest BCUT2D eigenvalue weighted by Crippen LogP contribution is -2.49. The third-order valence-corrected chi connectivity index (χ3v) is 2.95. The molecule has 1 aromatic rings. The van der Waals surface area contributed by atoms with Gasteiger partial charge in [-0.3, -0.25) is 9.59 Å². The SMILES string of the molecule is O=C(CNC(=O)C1CNCCO1)Nc1ccc(F)c(F)c1F. The first kappa shape index (κ1) is 16.2. The third-order valence-electron chi connectivity index (χ3n) is 2.95. The average molecular weight is 317 g/mol. The fourth-order valence-electron chi connectivity index (χ4n) is 1.83. The molecule has 1 aliphatic heterocycles. The molecule has 2 rings (SSSR count). The summed E-state index contributed by atoms with van der Waals surface area (Å²) < 4.78 is 44.3. The number of benzene rings is 1. The molecule has 0 bridgehead atoms. The summed E-state index contributed by atoms with van der Waals surface area (Å²) in [6.45, 7) is 0.895. The maximum absolute atomic E-state index is 13.4. The van der Waals surface area contributed by atoms with E-state index in [1.54, 1.807) is 0 Å². The Morgan fingerprint density at radius 1 is 1.27 bits per heavy atom. The van der Waals surface area contributed by atoms with Crippen LogP contribution in [0.25, 0.3) is 0 Å². The first-order valence-corrected chi connectivity index (χ1v) is 6.52. The number of hydrogen-bond donors (Lipinski definition) is 3. The second-order valence-electron chi connectivity index (χ2n) is 4.55. The van der Waals surface area contributed by atoms with Crippen molar-refractivity contribution in [2.24, 2.45) is 0 Å². The van der Waals surface area contributed by atoms with E-state index in [-0.39, 0.29) is 0 Å². The quantitative estimate of drug-likeness (QED) is 0.691. The lowest BCUT2D eigenvalue weighted by Gasteiger charge is -2.22. The van der Waals surface area contributed by atoms with Crippen molar-refractivity contribution in [2.75, 3.05) is 31.6 Å². The number of halogens is 3. The van der Waals surface area contributed by atoms with E-state index >= 15 is 0 Å². The highest BCUT2D eigenvalue weighted by molar-refractivity contribution is 5.95. The number of carbonyl (C=O) groups is 2. The summed E-state index contributed by atoms with van der Waals surface area (Å²) in [4.78, 5) is 23.3. The molecule has 22 heavy (non-hydrogen) atoms. The zero-order chi connectivity index (χ0) is 16.1. The number of amides is 2. The van der Waals surface area contributed by atoms with Crippen LogP contribution < -0.4 is 16.0 Å². The van der Waals surface area contributed by atoms with Gasteiger partial charge in [0, 0.05) is 13.1 Å². The second-order valence-corrected chi connectivity index (χ2v) is 4.55. The minimum Gasteiger partial charge on any atom is -0.366 e. The fraction of sp³-hybridized carbons (Fsp3) is 0.385. The molecule has 1 saturated heterocycles. The minimum atomic E-state index is -1.68. The summed E-state index contributed by atoms with van der Waals surface area (Å²) >= 11 is 0. The van der Waals surface area contributed by atoms with Gasteiger partial charge in [-0.25, -0.2) is 13.2 Å². The van der Waals surface area contributed by atoms with Crippen LogP contribution in [-0.4, -0.2) is 44.2 Å². The van der Waals surface area contributed by atoms with Crippen LogP contribution in [0.4, 0.5) is 18.9 Å². The summed E-state index contributed by atoms with van der Waals surface area (Å²) in [5.74, 6) is -5.80. The van der Waals surface area contributed by atoms with Crippen LogP contribution in [-0.2, 0) is 14.3 Å². The van der Waals surface area contributed by atoms with Gasteiger partial charge in [-0.15, -0.1) is 0 Å². The van der Waals surface area contributed by atoms with Crippen LogP contribution in [0, 0.1) is 17.5 Å². The first-order valence-electron chi connectivity index (χ1n) is 6.52. The van der Waals surface area contributed by atoms with E-state index in [1.807, 2.05) is 5.32 Å². The van der Waals surface area contributed by atoms with Crippen LogP contribution >= 0.6 is 0 Å². The molecule has 1 aromatic carbocycles. The molecule has 1 atom stereocenters. The molecule has 1 aliphatic rings. The molecule has 1 heterocycles. The summed E-state index contributed by atoms with van der Waals surface area (Å²) in [6.07, 6.45) is -0.707. The Hall–Kier alpha value is -2.13. The highest BCUT2D eigenvalue weighted by atomic mass is 19.2. The maximum Gasteiger partial charge on any atom is 0.250 e.